The largest absolute Gasteiger partial charge is 0.454 e. The smallest absolute Gasteiger partial charge is 0.231 e. The maximum Gasteiger partial charge on any atom is 0.231 e. The van der Waals surface area contributed by atoms with Crippen molar-refractivity contribution >= 4 is 11.8 Å². The first-order valence-electron chi connectivity index (χ1n) is 10.3. The van der Waals surface area contributed by atoms with E-state index in [2.05, 4.69) is 43.7 Å². The molecule has 2 aliphatic rings. The van der Waals surface area contributed by atoms with E-state index in [1.165, 1.54) is 30.4 Å². The Bertz CT molecular complexity index is 849. The number of aromatic nitrogens is 1. The number of nitrogens with zero attached hydrogens (tertiary/aromatic N) is 3. The molecule has 0 aliphatic carbocycles. The van der Waals surface area contributed by atoms with Gasteiger partial charge in [-0.3, -0.25) is 4.99 Å². The zero-order chi connectivity index (χ0) is 19.9. The van der Waals surface area contributed by atoms with E-state index in [0.29, 0.717) is 13.3 Å². The maximum absolute atomic E-state index is 5.44. The Kier molecular flexibility index (Phi) is 6.34. The number of fused-ring (bicyclic) bond motifs is 1. The minimum absolute atomic E-state index is 0.308. The molecule has 0 amide bonds. The van der Waals surface area contributed by atoms with E-state index in [1.54, 1.807) is 7.05 Å². The third-order valence-electron chi connectivity index (χ3n) is 5.32. The van der Waals surface area contributed by atoms with Crippen LogP contribution in [0.15, 0.2) is 41.5 Å². The van der Waals surface area contributed by atoms with Crippen molar-refractivity contribution in [1.82, 2.24) is 15.6 Å². The van der Waals surface area contributed by atoms with Crippen molar-refractivity contribution in [3.8, 4) is 11.5 Å². The van der Waals surface area contributed by atoms with Gasteiger partial charge in [0.05, 0.1) is 0 Å². The van der Waals surface area contributed by atoms with Crippen molar-refractivity contribution in [2.45, 2.75) is 32.2 Å². The Morgan fingerprint density at radius 2 is 1.90 bits per heavy atom. The van der Waals surface area contributed by atoms with Crippen LogP contribution in [0.4, 0.5) is 5.82 Å². The van der Waals surface area contributed by atoms with Gasteiger partial charge in [-0.15, -0.1) is 0 Å². The fourth-order valence-corrected chi connectivity index (χ4v) is 3.69. The van der Waals surface area contributed by atoms with E-state index < -0.39 is 0 Å². The standard InChI is InChI=1S/C22H29N5O2/c1-23-22(25-10-7-17-5-6-19-20(13-17)29-16-28-19)26-15-18-8-9-24-21(14-18)27-11-3-2-4-12-27/h5-6,8-9,13-14H,2-4,7,10-12,15-16H2,1H3,(H2,23,25,26). The minimum atomic E-state index is 0.308. The van der Waals surface area contributed by atoms with Crippen LogP contribution in [-0.2, 0) is 13.0 Å². The second kappa shape index (κ2) is 9.49. The number of hydrogen-bond acceptors (Lipinski definition) is 5. The van der Waals surface area contributed by atoms with Gasteiger partial charge >= 0.3 is 0 Å². The van der Waals surface area contributed by atoms with E-state index in [4.69, 9.17) is 9.47 Å². The number of aliphatic imine (C=N–C) groups is 1. The highest BCUT2D eigenvalue weighted by atomic mass is 16.7. The van der Waals surface area contributed by atoms with Crippen LogP contribution >= 0.6 is 0 Å². The molecule has 2 aromatic rings. The number of nitrogens with one attached hydrogen (secondary N) is 2. The number of rotatable bonds is 6. The molecule has 29 heavy (non-hydrogen) atoms. The average Bonchev–Trinajstić information content (AvgIpc) is 3.25. The lowest BCUT2D eigenvalue weighted by molar-refractivity contribution is 0.174. The zero-order valence-electron chi connectivity index (χ0n) is 17.0. The Hall–Kier alpha value is -2.96. The van der Waals surface area contributed by atoms with E-state index in [0.717, 1.165) is 49.3 Å². The highest BCUT2D eigenvalue weighted by Crippen LogP contribution is 2.32. The first-order valence-corrected chi connectivity index (χ1v) is 10.3. The second-order valence-electron chi connectivity index (χ2n) is 7.36. The molecule has 154 valence electrons. The van der Waals surface area contributed by atoms with Gasteiger partial charge in [-0.25, -0.2) is 4.98 Å². The summed E-state index contributed by atoms with van der Waals surface area (Å²) >= 11 is 0. The molecule has 1 aromatic heterocycles. The molecule has 0 unspecified atom stereocenters. The molecule has 0 spiro atoms. The summed E-state index contributed by atoms with van der Waals surface area (Å²) < 4.78 is 10.8. The van der Waals surface area contributed by atoms with Crippen LogP contribution in [0.5, 0.6) is 11.5 Å². The average molecular weight is 396 g/mol. The normalized spacial score (nSPS) is 16.0. The fourth-order valence-electron chi connectivity index (χ4n) is 3.69. The highest BCUT2D eigenvalue weighted by Gasteiger charge is 2.14. The number of hydrogen-bond donors (Lipinski definition) is 2. The first kappa shape index (κ1) is 19.4. The van der Waals surface area contributed by atoms with Crippen LogP contribution in [0.1, 0.15) is 30.4 Å². The summed E-state index contributed by atoms with van der Waals surface area (Å²) in [6, 6.07) is 10.3. The van der Waals surface area contributed by atoms with Gasteiger partial charge in [0, 0.05) is 39.4 Å². The number of pyridine rings is 1. The molecular formula is C22H29N5O2. The molecule has 0 atom stereocenters. The summed E-state index contributed by atoms with van der Waals surface area (Å²) in [6.45, 7) is 4.02. The number of guanidine groups is 1. The van der Waals surface area contributed by atoms with E-state index in [9.17, 15) is 0 Å². The van der Waals surface area contributed by atoms with Gasteiger partial charge in [-0.2, -0.15) is 0 Å². The lowest BCUT2D eigenvalue weighted by atomic mass is 10.1. The molecule has 7 heteroatoms. The Morgan fingerprint density at radius 1 is 1.03 bits per heavy atom. The van der Waals surface area contributed by atoms with Gasteiger partial charge < -0.3 is 25.0 Å². The molecule has 7 nitrogen and oxygen atoms in total. The lowest BCUT2D eigenvalue weighted by Gasteiger charge is -2.28. The summed E-state index contributed by atoms with van der Waals surface area (Å²) in [6.07, 6.45) is 6.61. The van der Waals surface area contributed by atoms with Crippen molar-refractivity contribution in [2.75, 3.05) is 38.4 Å². The highest BCUT2D eigenvalue weighted by molar-refractivity contribution is 5.79. The van der Waals surface area contributed by atoms with Gasteiger partial charge in [-0.1, -0.05) is 6.07 Å². The molecule has 2 aliphatic heterocycles. The molecule has 1 aromatic carbocycles. The van der Waals surface area contributed by atoms with E-state index in [1.807, 2.05) is 18.3 Å². The SMILES string of the molecule is CN=C(NCCc1ccc2c(c1)OCO2)NCc1ccnc(N2CCCCC2)c1. The number of benzene rings is 1. The zero-order valence-corrected chi connectivity index (χ0v) is 17.0. The second-order valence-corrected chi connectivity index (χ2v) is 7.36. The van der Waals surface area contributed by atoms with Crippen molar-refractivity contribution < 1.29 is 9.47 Å². The van der Waals surface area contributed by atoms with Gasteiger partial charge in [0.15, 0.2) is 17.5 Å². The van der Waals surface area contributed by atoms with Crippen LogP contribution in [0.2, 0.25) is 0 Å². The van der Waals surface area contributed by atoms with Crippen LogP contribution in [0.3, 0.4) is 0 Å². The summed E-state index contributed by atoms with van der Waals surface area (Å²) in [5.74, 6) is 3.52. The Balaban J connectivity index is 1.25. The molecule has 0 radical (unpaired) electrons. The first-order chi connectivity index (χ1) is 14.3. The summed E-state index contributed by atoms with van der Waals surface area (Å²) in [5.41, 5.74) is 2.41. The third-order valence-corrected chi connectivity index (χ3v) is 5.32. The van der Waals surface area contributed by atoms with Crippen molar-refractivity contribution in [3.05, 3.63) is 47.7 Å². The number of anilines is 1. The summed E-state index contributed by atoms with van der Waals surface area (Å²) in [7, 11) is 1.79. The van der Waals surface area contributed by atoms with Crippen molar-refractivity contribution in [2.24, 2.45) is 4.99 Å². The van der Waals surface area contributed by atoms with Crippen LogP contribution in [0, 0.1) is 0 Å². The van der Waals surface area contributed by atoms with Crippen molar-refractivity contribution in [1.29, 1.82) is 0 Å². The van der Waals surface area contributed by atoms with Crippen LogP contribution < -0.4 is 25.0 Å². The van der Waals surface area contributed by atoms with Crippen LogP contribution in [0.25, 0.3) is 0 Å². The minimum Gasteiger partial charge on any atom is -0.454 e. The van der Waals surface area contributed by atoms with Gasteiger partial charge in [0.1, 0.15) is 5.82 Å². The van der Waals surface area contributed by atoms with E-state index >= 15 is 0 Å². The molecule has 4 rings (SSSR count). The molecule has 0 saturated carbocycles. The van der Waals surface area contributed by atoms with Crippen LogP contribution in [-0.4, -0.2) is 44.4 Å². The lowest BCUT2D eigenvalue weighted by Crippen LogP contribution is -2.38. The molecular weight excluding hydrogens is 366 g/mol. The quantitative estimate of drug-likeness (QED) is 0.579. The molecule has 2 N–H and O–H groups in total. The molecule has 0 bridgehead atoms. The van der Waals surface area contributed by atoms with E-state index in [-0.39, 0.29) is 0 Å². The molecule has 1 saturated heterocycles. The van der Waals surface area contributed by atoms with Crippen molar-refractivity contribution in [3.63, 3.8) is 0 Å². The summed E-state index contributed by atoms with van der Waals surface area (Å²) in [4.78, 5) is 11.3. The Labute approximate surface area is 172 Å². The molecule has 3 heterocycles. The maximum atomic E-state index is 5.44. The predicted octanol–water partition coefficient (Wildman–Crippen LogP) is 2.71. The molecule has 1 fully saturated rings. The summed E-state index contributed by atoms with van der Waals surface area (Å²) in [5, 5.41) is 6.77. The number of ether oxygens (including phenoxy) is 2. The fraction of sp³-hybridized carbons (Fsp3) is 0.455. The predicted molar refractivity (Wildman–Crippen MR) is 115 cm³/mol. The topological polar surface area (TPSA) is 71.0 Å². The number of piperidine rings is 1. The van der Waals surface area contributed by atoms with Gasteiger partial charge in [0.25, 0.3) is 0 Å². The van der Waals surface area contributed by atoms with Gasteiger partial charge in [-0.05, 0) is 61.1 Å². The monoisotopic (exact) mass is 395 g/mol. The third kappa shape index (κ3) is 5.10. The Morgan fingerprint density at radius 3 is 2.76 bits per heavy atom. The van der Waals surface area contributed by atoms with Gasteiger partial charge in [0.2, 0.25) is 6.79 Å².